The molecule has 4 rings (SSSR count). The number of rotatable bonds is 12. The van der Waals surface area contributed by atoms with Crippen LogP contribution in [0.5, 0.6) is 17.4 Å². The van der Waals surface area contributed by atoms with Gasteiger partial charge in [0.2, 0.25) is 0 Å². The third kappa shape index (κ3) is 5.37. The zero-order chi connectivity index (χ0) is 24.8. The number of unbranched alkanes of at least 4 members (excludes halogenated alkanes) is 1. The number of methoxy groups -OCH3 is 3. The number of nitrogens with zero attached hydrogens (tertiary/aromatic N) is 2. The third-order valence-electron chi connectivity index (χ3n) is 6.30. The van der Waals surface area contributed by atoms with E-state index < -0.39 is 0 Å². The first-order valence-corrected chi connectivity index (χ1v) is 13.2. The monoisotopic (exact) mass is 503 g/mol. The molecule has 2 aromatic heterocycles. The zero-order valence-corrected chi connectivity index (χ0v) is 22.3. The SMILES string of the molecule is CCCCc1sc2c(NC3CCOCC3)c(OC)nn2c1-c1c(OC)cc(COCC)cc1OC. The minimum absolute atomic E-state index is 0.331. The summed E-state index contributed by atoms with van der Waals surface area (Å²) >= 11 is 1.76. The van der Waals surface area contributed by atoms with Crippen molar-refractivity contribution in [3.8, 4) is 28.6 Å². The number of hydrogen-bond donors (Lipinski definition) is 1. The molecule has 1 N–H and O–H groups in total. The van der Waals surface area contributed by atoms with E-state index in [4.69, 9.17) is 28.8 Å². The van der Waals surface area contributed by atoms with Crippen LogP contribution >= 0.6 is 11.3 Å². The molecule has 0 saturated carbocycles. The Morgan fingerprint density at radius 1 is 1.09 bits per heavy atom. The second-order valence-electron chi connectivity index (χ2n) is 8.62. The number of anilines is 1. The van der Waals surface area contributed by atoms with Crippen molar-refractivity contribution in [3.63, 3.8) is 0 Å². The first-order chi connectivity index (χ1) is 17.1. The van der Waals surface area contributed by atoms with Crippen molar-refractivity contribution in [3.05, 3.63) is 22.6 Å². The molecule has 1 saturated heterocycles. The highest BCUT2D eigenvalue weighted by molar-refractivity contribution is 7.18. The normalized spacial score (nSPS) is 14.4. The van der Waals surface area contributed by atoms with E-state index in [1.807, 2.05) is 23.6 Å². The van der Waals surface area contributed by atoms with Crippen LogP contribution in [0.1, 0.15) is 50.0 Å². The second-order valence-corrected chi connectivity index (χ2v) is 9.71. The van der Waals surface area contributed by atoms with Gasteiger partial charge in [0.05, 0.1) is 39.2 Å². The third-order valence-corrected chi connectivity index (χ3v) is 7.52. The van der Waals surface area contributed by atoms with Gasteiger partial charge in [0.15, 0.2) is 0 Å². The summed E-state index contributed by atoms with van der Waals surface area (Å²) in [4.78, 5) is 2.29. The lowest BCUT2D eigenvalue weighted by molar-refractivity contribution is 0.0904. The first-order valence-electron chi connectivity index (χ1n) is 12.4. The van der Waals surface area contributed by atoms with Crippen molar-refractivity contribution in [2.24, 2.45) is 0 Å². The molecule has 1 aliphatic heterocycles. The maximum atomic E-state index is 5.89. The van der Waals surface area contributed by atoms with E-state index >= 15 is 0 Å². The molecule has 0 spiro atoms. The van der Waals surface area contributed by atoms with Crippen molar-refractivity contribution in [1.29, 1.82) is 0 Å². The van der Waals surface area contributed by atoms with Crippen LogP contribution in [-0.2, 0) is 22.5 Å². The van der Waals surface area contributed by atoms with Gasteiger partial charge in [0, 0.05) is 30.7 Å². The molecule has 0 amide bonds. The summed E-state index contributed by atoms with van der Waals surface area (Å²) in [5.41, 5.74) is 3.84. The molecule has 1 fully saturated rings. The van der Waals surface area contributed by atoms with Gasteiger partial charge in [-0.15, -0.1) is 16.4 Å². The molecule has 3 heterocycles. The maximum Gasteiger partial charge on any atom is 0.258 e. The summed E-state index contributed by atoms with van der Waals surface area (Å²) in [6.07, 6.45) is 5.07. The van der Waals surface area contributed by atoms with E-state index in [-0.39, 0.29) is 0 Å². The number of nitrogens with one attached hydrogen (secondary N) is 1. The average Bonchev–Trinajstić information content (AvgIpc) is 3.41. The molecule has 192 valence electrons. The van der Waals surface area contributed by atoms with Crippen molar-refractivity contribution in [2.45, 2.75) is 58.6 Å². The number of ether oxygens (including phenoxy) is 5. The van der Waals surface area contributed by atoms with E-state index in [9.17, 15) is 0 Å². The molecule has 1 aromatic carbocycles. The highest BCUT2D eigenvalue weighted by Crippen LogP contribution is 2.47. The Balaban J connectivity index is 1.88. The molecule has 0 radical (unpaired) electrons. The van der Waals surface area contributed by atoms with Gasteiger partial charge in [0.1, 0.15) is 22.0 Å². The van der Waals surface area contributed by atoms with Gasteiger partial charge in [-0.2, -0.15) is 0 Å². The molecule has 0 bridgehead atoms. The molecule has 3 aromatic rings. The molecular formula is C26H37N3O5S. The van der Waals surface area contributed by atoms with Gasteiger partial charge in [-0.3, -0.25) is 0 Å². The molecule has 9 heteroatoms. The Labute approximate surface area is 211 Å². The smallest absolute Gasteiger partial charge is 0.258 e. The van der Waals surface area contributed by atoms with Crippen LogP contribution in [0.4, 0.5) is 5.69 Å². The average molecular weight is 504 g/mol. The Bertz CT molecular complexity index is 1100. The topological polar surface area (TPSA) is 75.5 Å². The maximum absolute atomic E-state index is 5.89. The van der Waals surface area contributed by atoms with Crippen LogP contribution in [0.25, 0.3) is 16.1 Å². The summed E-state index contributed by atoms with van der Waals surface area (Å²) in [6, 6.07) is 4.39. The minimum atomic E-state index is 0.331. The van der Waals surface area contributed by atoms with Gasteiger partial charge in [-0.05, 0) is 50.3 Å². The molecule has 1 aliphatic rings. The van der Waals surface area contributed by atoms with Gasteiger partial charge in [-0.1, -0.05) is 13.3 Å². The number of benzene rings is 1. The van der Waals surface area contributed by atoms with Crippen LogP contribution in [0.2, 0.25) is 0 Å². The summed E-state index contributed by atoms with van der Waals surface area (Å²) in [7, 11) is 5.06. The fraction of sp³-hybridized carbons (Fsp3) is 0.577. The van der Waals surface area contributed by atoms with Gasteiger partial charge < -0.3 is 29.0 Å². The van der Waals surface area contributed by atoms with Crippen molar-refractivity contribution in [2.75, 3.05) is 46.5 Å². The fourth-order valence-corrected chi connectivity index (χ4v) is 5.71. The Hall–Kier alpha value is -2.49. The molecule has 35 heavy (non-hydrogen) atoms. The number of hydrogen-bond acceptors (Lipinski definition) is 8. The lowest BCUT2D eigenvalue weighted by Crippen LogP contribution is -2.27. The van der Waals surface area contributed by atoms with E-state index in [0.717, 1.165) is 84.2 Å². The predicted molar refractivity (Wildman–Crippen MR) is 140 cm³/mol. The fourth-order valence-electron chi connectivity index (χ4n) is 4.48. The largest absolute Gasteiger partial charge is 0.496 e. The lowest BCUT2D eigenvalue weighted by atomic mass is 10.0. The number of aryl methyl sites for hydroxylation is 1. The number of fused-ring (bicyclic) bond motifs is 1. The van der Waals surface area contributed by atoms with Crippen molar-refractivity contribution in [1.82, 2.24) is 9.61 Å². The summed E-state index contributed by atoms with van der Waals surface area (Å²) < 4.78 is 30.7. The summed E-state index contributed by atoms with van der Waals surface area (Å²) in [5.74, 6) is 2.08. The van der Waals surface area contributed by atoms with E-state index in [1.54, 1.807) is 32.7 Å². The van der Waals surface area contributed by atoms with Crippen LogP contribution in [-0.4, -0.2) is 56.8 Å². The van der Waals surface area contributed by atoms with Gasteiger partial charge in [0.25, 0.3) is 5.88 Å². The zero-order valence-electron chi connectivity index (χ0n) is 21.4. The van der Waals surface area contributed by atoms with E-state index in [0.29, 0.717) is 25.1 Å². The predicted octanol–water partition coefficient (Wildman–Crippen LogP) is 5.56. The standard InChI is InChI=1S/C26H37N3O5S/c1-6-8-9-21-24(22-19(30-3)14-17(16-33-7-2)15-20(22)31-4)29-26(35-21)23(25(28-29)32-5)27-18-10-12-34-13-11-18/h14-15,18,27H,6-13,16H2,1-5H3. The van der Waals surface area contributed by atoms with Gasteiger partial charge >= 0.3 is 0 Å². The van der Waals surface area contributed by atoms with Crippen LogP contribution in [0.3, 0.4) is 0 Å². The van der Waals surface area contributed by atoms with Gasteiger partial charge in [-0.25, -0.2) is 4.52 Å². The lowest BCUT2D eigenvalue weighted by Gasteiger charge is -2.23. The molecular weight excluding hydrogens is 466 g/mol. The Morgan fingerprint density at radius 2 is 1.80 bits per heavy atom. The van der Waals surface area contributed by atoms with E-state index in [2.05, 4.69) is 12.2 Å². The molecule has 8 nitrogen and oxygen atoms in total. The minimum Gasteiger partial charge on any atom is -0.496 e. The molecule has 0 unspecified atom stereocenters. The Morgan fingerprint density at radius 3 is 2.40 bits per heavy atom. The highest BCUT2D eigenvalue weighted by Gasteiger charge is 2.28. The van der Waals surface area contributed by atoms with Crippen LogP contribution in [0.15, 0.2) is 12.1 Å². The van der Waals surface area contributed by atoms with Crippen LogP contribution < -0.4 is 19.5 Å². The van der Waals surface area contributed by atoms with Crippen molar-refractivity contribution >= 4 is 21.9 Å². The Kier molecular flexibility index (Phi) is 8.75. The van der Waals surface area contributed by atoms with Crippen molar-refractivity contribution < 1.29 is 23.7 Å². The van der Waals surface area contributed by atoms with Crippen LogP contribution in [0, 0.1) is 0 Å². The number of aromatic nitrogens is 2. The van der Waals surface area contributed by atoms with E-state index in [1.165, 1.54) is 4.88 Å². The number of thiazole rings is 1. The first kappa shape index (κ1) is 25.6. The molecule has 0 aliphatic carbocycles. The second kappa shape index (κ2) is 12.0. The quantitative estimate of drug-likeness (QED) is 0.347. The molecule has 0 atom stereocenters. The summed E-state index contributed by atoms with van der Waals surface area (Å²) in [5, 5.41) is 8.60. The summed E-state index contributed by atoms with van der Waals surface area (Å²) in [6.45, 7) is 6.88. The highest BCUT2D eigenvalue weighted by atomic mass is 32.1.